The summed E-state index contributed by atoms with van der Waals surface area (Å²) in [5.41, 5.74) is 0. The molecule has 0 aromatic heterocycles. The molecular formula is C20H52O8Si4. The average Bonchev–Trinajstić information content (AvgIpc) is 2.77. The monoisotopic (exact) mass is 532 g/mol. The summed E-state index contributed by atoms with van der Waals surface area (Å²) in [6.07, 6.45) is 0. The molecule has 0 spiro atoms. The van der Waals surface area contributed by atoms with Gasteiger partial charge in [-0.2, -0.15) is 0 Å². The van der Waals surface area contributed by atoms with E-state index in [2.05, 4.69) is 13.1 Å². The Kier molecular flexibility index (Phi) is 19.4. The summed E-state index contributed by atoms with van der Waals surface area (Å²) >= 11 is 0. The van der Waals surface area contributed by atoms with E-state index in [1.807, 2.05) is 40.8 Å². The molecule has 0 fully saturated rings. The molecule has 0 heterocycles. The van der Waals surface area contributed by atoms with Crippen LogP contribution in [0.3, 0.4) is 0 Å². The van der Waals surface area contributed by atoms with Crippen LogP contribution in [0.5, 0.6) is 0 Å². The SMILES string of the molecule is CCO[Si](C)(CC[Si](C)(OCC)OCC)OCC.CO[Si](C)(CC[Si](C)(OC)OC)OC. The largest absolute Gasteiger partial charge is 0.398 e. The Hall–Kier alpha value is 0.548. The summed E-state index contributed by atoms with van der Waals surface area (Å²) in [7, 11) is -1.20. The lowest BCUT2D eigenvalue weighted by atomic mass is 10.9. The Morgan fingerprint density at radius 1 is 0.375 bits per heavy atom. The fraction of sp³-hybridized carbons (Fsp3) is 1.00. The van der Waals surface area contributed by atoms with Gasteiger partial charge >= 0.3 is 34.2 Å². The van der Waals surface area contributed by atoms with Gasteiger partial charge in [-0.1, -0.05) is 0 Å². The first-order valence-corrected chi connectivity index (χ1v) is 21.8. The molecule has 0 radical (unpaired) electrons. The van der Waals surface area contributed by atoms with Crippen LogP contribution in [0.1, 0.15) is 27.7 Å². The highest BCUT2D eigenvalue weighted by Gasteiger charge is 2.38. The van der Waals surface area contributed by atoms with Gasteiger partial charge in [0.25, 0.3) is 0 Å². The van der Waals surface area contributed by atoms with E-state index in [-0.39, 0.29) is 0 Å². The van der Waals surface area contributed by atoms with Gasteiger partial charge < -0.3 is 35.4 Å². The molecule has 0 N–H and O–H groups in total. The maximum Gasteiger partial charge on any atom is 0.334 e. The van der Waals surface area contributed by atoms with Crippen LogP contribution in [0.2, 0.25) is 50.4 Å². The molecule has 0 aliphatic carbocycles. The Morgan fingerprint density at radius 3 is 0.719 bits per heavy atom. The summed E-state index contributed by atoms with van der Waals surface area (Å²) in [6.45, 7) is 19.3. The van der Waals surface area contributed by atoms with Crippen molar-refractivity contribution >= 4 is 34.2 Å². The van der Waals surface area contributed by atoms with E-state index in [1.165, 1.54) is 0 Å². The van der Waals surface area contributed by atoms with Crippen LogP contribution in [0.25, 0.3) is 0 Å². The van der Waals surface area contributed by atoms with Gasteiger partial charge in [-0.05, 0) is 78.1 Å². The molecule has 12 heteroatoms. The molecule has 32 heavy (non-hydrogen) atoms. The molecule has 8 nitrogen and oxygen atoms in total. The average molecular weight is 533 g/mol. The van der Waals surface area contributed by atoms with Crippen LogP contribution in [0.4, 0.5) is 0 Å². The van der Waals surface area contributed by atoms with E-state index in [1.54, 1.807) is 28.4 Å². The van der Waals surface area contributed by atoms with Gasteiger partial charge in [-0.15, -0.1) is 0 Å². The Morgan fingerprint density at radius 2 is 0.562 bits per heavy atom. The lowest BCUT2D eigenvalue weighted by Crippen LogP contribution is -2.44. The normalized spacial score (nSPS) is 13.1. The van der Waals surface area contributed by atoms with Crippen molar-refractivity contribution in [2.45, 2.75) is 78.1 Å². The second kappa shape index (κ2) is 17.9. The first kappa shape index (κ1) is 34.7. The lowest BCUT2D eigenvalue weighted by Gasteiger charge is -2.31. The van der Waals surface area contributed by atoms with Crippen molar-refractivity contribution in [1.82, 2.24) is 0 Å². The number of hydrogen-bond acceptors (Lipinski definition) is 8. The standard InChI is InChI=1S/C12H30O4Si2.C8H22O4Si2/c1-7-13-17(5,14-8-2)11-12-18(6,15-9-3)16-10-4;1-9-13(5,10-2)7-8-14(6,11-3)12-4/h7-12H2,1-6H3;7-8H2,1-6H3. The van der Waals surface area contributed by atoms with Crippen molar-refractivity contribution in [2.75, 3.05) is 54.9 Å². The maximum atomic E-state index is 5.85. The van der Waals surface area contributed by atoms with Gasteiger partial charge in [0.2, 0.25) is 0 Å². The van der Waals surface area contributed by atoms with Crippen LogP contribution in [0, 0.1) is 0 Å². The van der Waals surface area contributed by atoms with Gasteiger partial charge in [-0.25, -0.2) is 0 Å². The summed E-state index contributed by atoms with van der Waals surface area (Å²) < 4.78 is 45.0. The zero-order chi connectivity index (χ0) is 25.3. The maximum absolute atomic E-state index is 5.85. The van der Waals surface area contributed by atoms with E-state index in [4.69, 9.17) is 35.4 Å². The summed E-state index contributed by atoms with van der Waals surface area (Å²) in [4.78, 5) is 0. The summed E-state index contributed by atoms with van der Waals surface area (Å²) in [5, 5.41) is 0. The predicted octanol–water partition coefficient (Wildman–Crippen LogP) is 4.99. The molecule has 0 aliphatic rings. The van der Waals surface area contributed by atoms with E-state index in [0.717, 1.165) is 24.2 Å². The summed E-state index contributed by atoms with van der Waals surface area (Å²) in [5.74, 6) is 0. The first-order chi connectivity index (χ1) is 14.9. The van der Waals surface area contributed by atoms with Crippen molar-refractivity contribution in [1.29, 1.82) is 0 Å². The van der Waals surface area contributed by atoms with Gasteiger partial charge in [0.1, 0.15) is 0 Å². The molecule has 0 atom stereocenters. The molecule has 0 saturated carbocycles. The topological polar surface area (TPSA) is 73.8 Å². The van der Waals surface area contributed by atoms with Crippen LogP contribution in [0.15, 0.2) is 0 Å². The molecule has 0 bridgehead atoms. The van der Waals surface area contributed by atoms with Gasteiger partial charge in [-0.3, -0.25) is 0 Å². The van der Waals surface area contributed by atoms with E-state index in [9.17, 15) is 0 Å². The Labute approximate surface area is 202 Å². The second-order valence-corrected chi connectivity index (χ2v) is 21.9. The fourth-order valence-corrected chi connectivity index (χ4v) is 14.7. The minimum absolute atomic E-state index is 0.713. The highest BCUT2D eigenvalue weighted by molar-refractivity contribution is 6.72. The van der Waals surface area contributed by atoms with Gasteiger partial charge in [0, 0.05) is 54.9 Å². The van der Waals surface area contributed by atoms with Crippen molar-refractivity contribution in [3.63, 3.8) is 0 Å². The van der Waals surface area contributed by atoms with E-state index < -0.39 is 34.2 Å². The quantitative estimate of drug-likeness (QED) is 0.229. The second-order valence-electron chi connectivity index (χ2n) is 8.08. The molecule has 0 rings (SSSR count). The first-order valence-electron chi connectivity index (χ1n) is 11.7. The predicted molar refractivity (Wildman–Crippen MR) is 140 cm³/mol. The molecule has 196 valence electrons. The molecule has 0 unspecified atom stereocenters. The third-order valence-corrected chi connectivity index (χ3v) is 18.3. The Balaban J connectivity index is 0. The third-order valence-electron chi connectivity index (χ3n) is 5.59. The van der Waals surface area contributed by atoms with Gasteiger partial charge in [0.15, 0.2) is 0 Å². The highest BCUT2D eigenvalue weighted by atomic mass is 28.4. The van der Waals surface area contributed by atoms with Crippen LogP contribution < -0.4 is 0 Å². The van der Waals surface area contributed by atoms with Crippen molar-refractivity contribution in [2.24, 2.45) is 0 Å². The minimum Gasteiger partial charge on any atom is -0.398 e. The molecule has 0 aliphatic heterocycles. The lowest BCUT2D eigenvalue weighted by molar-refractivity contribution is 0.177. The van der Waals surface area contributed by atoms with E-state index in [0.29, 0.717) is 26.4 Å². The number of rotatable bonds is 18. The molecule has 0 aromatic carbocycles. The molecule has 0 amide bonds. The third kappa shape index (κ3) is 14.7. The summed E-state index contributed by atoms with van der Waals surface area (Å²) in [6, 6.07) is 3.70. The molecule has 0 saturated heterocycles. The molecule has 0 aromatic rings. The van der Waals surface area contributed by atoms with Crippen molar-refractivity contribution in [3.8, 4) is 0 Å². The smallest absolute Gasteiger partial charge is 0.334 e. The highest BCUT2D eigenvalue weighted by Crippen LogP contribution is 2.24. The van der Waals surface area contributed by atoms with Crippen LogP contribution in [-0.2, 0) is 35.4 Å². The fourth-order valence-electron chi connectivity index (χ4n) is 3.08. The van der Waals surface area contributed by atoms with Gasteiger partial charge in [0.05, 0.1) is 0 Å². The zero-order valence-electron chi connectivity index (χ0n) is 22.9. The zero-order valence-corrected chi connectivity index (χ0v) is 26.9. The van der Waals surface area contributed by atoms with E-state index >= 15 is 0 Å². The van der Waals surface area contributed by atoms with Crippen molar-refractivity contribution in [3.05, 3.63) is 0 Å². The Bertz CT molecular complexity index is 399. The van der Waals surface area contributed by atoms with Crippen molar-refractivity contribution < 1.29 is 35.4 Å². The van der Waals surface area contributed by atoms with Crippen LogP contribution >= 0.6 is 0 Å². The number of hydrogen-bond donors (Lipinski definition) is 0. The van der Waals surface area contributed by atoms with Crippen LogP contribution in [-0.4, -0.2) is 89.1 Å². The minimum atomic E-state index is -2.04. The molecular weight excluding hydrogens is 481 g/mol.